The molecule has 5 heteroatoms. The largest absolute Gasteiger partial charge is 0.491 e. The van der Waals surface area contributed by atoms with Crippen LogP contribution in [-0.2, 0) is 9.31 Å². The fraction of sp³-hybridized carbons (Fsp3) is 0.471. The molecule has 0 N–H and O–H groups in total. The lowest BCUT2D eigenvalue weighted by molar-refractivity contribution is 0.00578. The van der Waals surface area contributed by atoms with E-state index >= 15 is 0 Å². The van der Waals surface area contributed by atoms with E-state index in [1.807, 2.05) is 58.0 Å². The van der Waals surface area contributed by atoms with Crippen LogP contribution >= 0.6 is 12.6 Å². The Morgan fingerprint density at radius 1 is 1.23 bits per heavy atom. The lowest BCUT2D eigenvalue weighted by Crippen LogP contribution is -2.41. The van der Waals surface area contributed by atoms with E-state index in [1.54, 1.807) is 6.92 Å². The van der Waals surface area contributed by atoms with E-state index in [0.29, 0.717) is 11.3 Å². The maximum absolute atomic E-state index is 11.5. The molecule has 0 spiro atoms. The summed E-state index contributed by atoms with van der Waals surface area (Å²) in [6.07, 6.45) is 1.99. The molecule has 0 amide bonds. The van der Waals surface area contributed by atoms with Crippen LogP contribution in [0.5, 0.6) is 0 Å². The van der Waals surface area contributed by atoms with Crippen molar-refractivity contribution in [3.63, 3.8) is 0 Å². The minimum atomic E-state index is -0.413. The lowest BCUT2D eigenvalue weighted by atomic mass is 9.78. The van der Waals surface area contributed by atoms with Crippen LogP contribution in [-0.4, -0.2) is 29.9 Å². The van der Waals surface area contributed by atoms with Crippen LogP contribution in [0.4, 0.5) is 0 Å². The molecule has 1 aliphatic rings. The maximum atomic E-state index is 11.5. The second-order valence-corrected chi connectivity index (χ2v) is 6.96. The number of ketones is 1. The lowest BCUT2D eigenvalue weighted by Gasteiger charge is -2.32. The van der Waals surface area contributed by atoms with Crippen molar-refractivity contribution in [2.45, 2.75) is 45.8 Å². The third-order valence-electron chi connectivity index (χ3n) is 4.38. The summed E-state index contributed by atoms with van der Waals surface area (Å²) in [5, 5.41) is 0. The number of carbonyl (C=O) groups is 1. The van der Waals surface area contributed by atoms with Crippen molar-refractivity contribution in [1.29, 1.82) is 0 Å². The Balaban J connectivity index is 2.29. The van der Waals surface area contributed by atoms with Crippen LogP contribution in [0.3, 0.4) is 0 Å². The number of Topliss-reactive ketones (excluding diaryl/α,β-unsaturated/α-hetero) is 1. The Kier molecular flexibility index (Phi) is 4.90. The van der Waals surface area contributed by atoms with Gasteiger partial charge >= 0.3 is 7.12 Å². The molecule has 1 heterocycles. The molecule has 3 nitrogen and oxygen atoms in total. The van der Waals surface area contributed by atoms with Crippen molar-refractivity contribution < 1.29 is 14.1 Å². The van der Waals surface area contributed by atoms with Crippen LogP contribution in [0.1, 0.15) is 50.5 Å². The Hall–Kier alpha value is -1.04. The normalized spacial score (nSPS) is 20.3. The molecule has 1 aromatic rings. The van der Waals surface area contributed by atoms with Gasteiger partial charge in [0.05, 0.1) is 11.2 Å². The van der Waals surface area contributed by atoms with Gasteiger partial charge in [-0.2, -0.15) is 12.6 Å². The summed E-state index contributed by atoms with van der Waals surface area (Å²) in [4.78, 5) is 11.5. The highest BCUT2D eigenvalue weighted by Crippen LogP contribution is 2.39. The standard InChI is InChI=1S/C17H23BO3S/c1-12(19)14-8-6-7-13(9-14)10-15(11-22)18-20-16(2,3)17(4,5)21-18/h6-10,22H,11H2,1-5H3. The molecule has 0 saturated carbocycles. The Morgan fingerprint density at radius 3 is 2.32 bits per heavy atom. The van der Waals surface area contributed by atoms with Gasteiger partial charge in [-0.05, 0) is 51.7 Å². The van der Waals surface area contributed by atoms with Gasteiger partial charge in [0, 0.05) is 11.3 Å². The molecule has 0 bridgehead atoms. The van der Waals surface area contributed by atoms with E-state index in [-0.39, 0.29) is 17.0 Å². The van der Waals surface area contributed by atoms with Crippen molar-refractivity contribution in [3.05, 3.63) is 40.9 Å². The predicted octanol–water partition coefficient (Wildman–Crippen LogP) is 3.83. The quantitative estimate of drug-likeness (QED) is 0.520. The SMILES string of the molecule is CC(=O)c1cccc(C=C(CS)B2OC(C)(C)C(C)(C)O2)c1. The van der Waals surface area contributed by atoms with Crippen LogP contribution in [0.15, 0.2) is 29.7 Å². The molecule has 0 unspecified atom stereocenters. The van der Waals surface area contributed by atoms with Gasteiger partial charge in [-0.25, -0.2) is 0 Å². The van der Waals surface area contributed by atoms with Gasteiger partial charge in [-0.3, -0.25) is 4.79 Å². The first-order chi connectivity index (χ1) is 10.2. The minimum absolute atomic E-state index is 0.0540. The molecule has 1 fully saturated rings. The number of rotatable bonds is 4. The van der Waals surface area contributed by atoms with Gasteiger partial charge in [0.15, 0.2) is 5.78 Å². The van der Waals surface area contributed by atoms with Crippen LogP contribution in [0.25, 0.3) is 6.08 Å². The average Bonchev–Trinajstić information content (AvgIpc) is 2.65. The Labute approximate surface area is 138 Å². The second kappa shape index (κ2) is 6.22. The number of benzene rings is 1. The van der Waals surface area contributed by atoms with Crippen LogP contribution in [0.2, 0.25) is 0 Å². The van der Waals surface area contributed by atoms with Crippen LogP contribution < -0.4 is 0 Å². The second-order valence-electron chi connectivity index (χ2n) is 6.65. The molecule has 22 heavy (non-hydrogen) atoms. The van der Waals surface area contributed by atoms with E-state index in [2.05, 4.69) is 12.6 Å². The highest BCUT2D eigenvalue weighted by Gasteiger charge is 2.52. The first-order valence-electron chi connectivity index (χ1n) is 7.44. The molecule has 0 radical (unpaired) electrons. The molecule has 0 aromatic heterocycles. The first-order valence-corrected chi connectivity index (χ1v) is 8.07. The van der Waals surface area contributed by atoms with Gasteiger partial charge in [-0.1, -0.05) is 24.3 Å². The maximum Gasteiger partial charge on any atom is 0.491 e. The monoisotopic (exact) mass is 318 g/mol. The predicted molar refractivity (Wildman–Crippen MR) is 94.4 cm³/mol. The topological polar surface area (TPSA) is 35.5 Å². The molecule has 0 atom stereocenters. The summed E-state index contributed by atoms with van der Waals surface area (Å²) in [6, 6.07) is 7.52. The molecule has 1 aliphatic heterocycles. The molecule has 1 aromatic carbocycles. The van der Waals surface area contributed by atoms with Crippen LogP contribution in [0, 0.1) is 0 Å². The summed E-state index contributed by atoms with van der Waals surface area (Å²) >= 11 is 4.41. The number of hydrogen-bond donors (Lipinski definition) is 1. The van der Waals surface area contributed by atoms with E-state index < -0.39 is 7.12 Å². The zero-order valence-corrected chi connectivity index (χ0v) is 14.7. The van der Waals surface area contributed by atoms with Crippen molar-refractivity contribution in [2.75, 3.05) is 5.75 Å². The van der Waals surface area contributed by atoms with Crippen molar-refractivity contribution >= 4 is 31.6 Å². The highest BCUT2D eigenvalue weighted by atomic mass is 32.1. The Morgan fingerprint density at radius 2 is 1.82 bits per heavy atom. The summed E-state index contributed by atoms with van der Waals surface area (Å²) < 4.78 is 12.1. The molecule has 0 aliphatic carbocycles. The molecule has 2 rings (SSSR count). The Bertz CT molecular complexity index is 592. The van der Waals surface area contributed by atoms with E-state index in [9.17, 15) is 4.79 Å². The minimum Gasteiger partial charge on any atom is -0.400 e. The summed E-state index contributed by atoms with van der Waals surface area (Å²) in [6.45, 7) is 9.68. The number of hydrogen-bond acceptors (Lipinski definition) is 4. The van der Waals surface area contributed by atoms with Gasteiger partial charge in [0.25, 0.3) is 0 Å². The molecular weight excluding hydrogens is 295 g/mol. The third-order valence-corrected chi connectivity index (χ3v) is 4.75. The van der Waals surface area contributed by atoms with Crippen molar-refractivity contribution in [2.24, 2.45) is 0 Å². The van der Waals surface area contributed by atoms with E-state index in [1.165, 1.54) is 0 Å². The fourth-order valence-electron chi connectivity index (χ4n) is 2.24. The summed E-state index contributed by atoms with van der Waals surface area (Å²) in [7, 11) is -0.413. The summed E-state index contributed by atoms with van der Waals surface area (Å²) in [5.74, 6) is 0.583. The van der Waals surface area contributed by atoms with Gasteiger partial charge in [0.2, 0.25) is 0 Å². The van der Waals surface area contributed by atoms with Crippen molar-refractivity contribution in [3.8, 4) is 0 Å². The zero-order valence-electron chi connectivity index (χ0n) is 13.8. The van der Waals surface area contributed by atoms with E-state index in [0.717, 1.165) is 11.0 Å². The highest BCUT2D eigenvalue weighted by molar-refractivity contribution is 7.80. The summed E-state index contributed by atoms with van der Waals surface area (Å²) in [5.41, 5.74) is 1.84. The fourth-order valence-corrected chi connectivity index (χ4v) is 2.48. The molecular formula is C17H23BO3S. The van der Waals surface area contributed by atoms with Crippen molar-refractivity contribution in [1.82, 2.24) is 0 Å². The molecule has 1 saturated heterocycles. The van der Waals surface area contributed by atoms with E-state index in [4.69, 9.17) is 9.31 Å². The zero-order chi connectivity index (χ0) is 16.5. The van der Waals surface area contributed by atoms with Gasteiger partial charge in [-0.15, -0.1) is 0 Å². The average molecular weight is 318 g/mol. The third kappa shape index (κ3) is 3.48. The van der Waals surface area contributed by atoms with Gasteiger partial charge in [0.1, 0.15) is 0 Å². The smallest absolute Gasteiger partial charge is 0.400 e. The number of carbonyl (C=O) groups excluding carboxylic acids is 1. The molecule has 118 valence electrons. The van der Waals surface area contributed by atoms with Gasteiger partial charge < -0.3 is 9.31 Å². The number of thiol groups is 1. The first kappa shape index (κ1) is 17.3.